The zero-order chi connectivity index (χ0) is 15.8. The molecule has 0 aliphatic heterocycles. The van der Waals surface area contributed by atoms with E-state index in [9.17, 15) is 4.79 Å². The number of anilines is 1. The van der Waals surface area contributed by atoms with Gasteiger partial charge in [0.1, 0.15) is 0 Å². The molecule has 2 N–H and O–H groups in total. The lowest BCUT2D eigenvalue weighted by Crippen LogP contribution is -2.34. The van der Waals surface area contributed by atoms with E-state index in [1.807, 2.05) is 60.9 Å². The van der Waals surface area contributed by atoms with E-state index in [0.717, 1.165) is 16.1 Å². The normalized spacial score (nSPS) is 10.0. The molecule has 0 heterocycles. The van der Waals surface area contributed by atoms with Crippen LogP contribution in [0.15, 0.2) is 59.5 Å². The van der Waals surface area contributed by atoms with Gasteiger partial charge in [-0.05, 0) is 48.7 Å². The van der Waals surface area contributed by atoms with E-state index in [2.05, 4.69) is 10.6 Å². The van der Waals surface area contributed by atoms with E-state index in [1.54, 1.807) is 11.8 Å². The molecule has 114 valence electrons. The number of amides is 1. The van der Waals surface area contributed by atoms with Crippen molar-refractivity contribution in [1.29, 1.82) is 0 Å². The Balaban J connectivity index is 1.79. The maximum atomic E-state index is 11.9. The third kappa shape index (κ3) is 5.50. The molecule has 2 aromatic rings. The highest BCUT2D eigenvalue weighted by atomic mass is 32.2. The molecule has 0 unspecified atom stereocenters. The van der Waals surface area contributed by atoms with Crippen molar-refractivity contribution in [3.63, 3.8) is 0 Å². The first-order valence-corrected chi connectivity index (χ1v) is 8.59. The highest BCUT2D eigenvalue weighted by Crippen LogP contribution is 2.18. The standard InChI is InChI=1S/C17H18N2OS2/c1-22-15-9-5-8-14(12-15)18-17(21)19-16(20)11-10-13-6-3-2-4-7-13/h2-9,12H,10-11H2,1H3,(H2,18,19,20,21). The van der Waals surface area contributed by atoms with E-state index in [4.69, 9.17) is 12.2 Å². The molecule has 0 atom stereocenters. The monoisotopic (exact) mass is 330 g/mol. The number of carbonyl (C=O) groups is 1. The largest absolute Gasteiger partial charge is 0.332 e. The fourth-order valence-electron chi connectivity index (χ4n) is 1.95. The van der Waals surface area contributed by atoms with Crippen LogP contribution in [0.4, 0.5) is 5.69 Å². The molecule has 0 bridgehead atoms. The van der Waals surface area contributed by atoms with Crippen molar-refractivity contribution >= 4 is 40.7 Å². The Morgan fingerprint density at radius 2 is 1.91 bits per heavy atom. The number of hydrogen-bond acceptors (Lipinski definition) is 3. The van der Waals surface area contributed by atoms with Crippen molar-refractivity contribution in [2.24, 2.45) is 0 Å². The van der Waals surface area contributed by atoms with Gasteiger partial charge < -0.3 is 10.6 Å². The highest BCUT2D eigenvalue weighted by molar-refractivity contribution is 7.98. The van der Waals surface area contributed by atoms with Gasteiger partial charge in [0.15, 0.2) is 5.11 Å². The Hall–Kier alpha value is -1.85. The molecule has 0 spiro atoms. The molecule has 2 aromatic carbocycles. The van der Waals surface area contributed by atoms with Crippen LogP contribution < -0.4 is 10.6 Å². The maximum Gasteiger partial charge on any atom is 0.226 e. The van der Waals surface area contributed by atoms with Gasteiger partial charge in [-0.3, -0.25) is 4.79 Å². The Morgan fingerprint density at radius 1 is 1.14 bits per heavy atom. The number of thiocarbonyl (C=S) groups is 1. The summed E-state index contributed by atoms with van der Waals surface area (Å²) in [7, 11) is 0. The summed E-state index contributed by atoms with van der Waals surface area (Å²) in [4.78, 5) is 13.0. The molecule has 0 saturated carbocycles. The smallest absolute Gasteiger partial charge is 0.226 e. The first-order valence-electron chi connectivity index (χ1n) is 6.96. The summed E-state index contributed by atoms with van der Waals surface area (Å²) in [6.07, 6.45) is 3.14. The summed E-state index contributed by atoms with van der Waals surface area (Å²) in [5.41, 5.74) is 2.02. The van der Waals surface area contributed by atoms with Crippen molar-refractivity contribution in [3.8, 4) is 0 Å². The minimum atomic E-state index is -0.0811. The van der Waals surface area contributed by atoms with Gasteiger partial charge in [-0.1, -0.05) is 36.4 Å². The molecule has 0 aromatic heterocycles. The number of carbonyl (C=O) groups excluding carboxylic acids is 1. The first-order chi connectivity index (χ1) is 10.7. The lowest BCUT2D eigenvalue weighted by molar-refractivity contribution is -0.119. The molecular weight excluding hydrogens is 312 g/mol. The van der Waals surface area contributed by atoms with Crippen molar-refractivity contribution in [3.05, 3.63) is 60.2 Å². The van der Waals surface area contributed by atoms with Crippen LogP contribution in [-0.2, 0) is 11.2 Å². The second kappa shape index (κ2) is 8.56. The number of nitrogens with one attached hydrogen (secondary N) is 2. The Kier molecular flexibility index (Phi) is 6.43. The highest BCUT2D eigenvalue weighted by Gasteiger charge is 2.05. The lowest BCUT2D eigenvalue weighted by Gasteiger charge is -2.10. The summed E-state index contributed by atoms with van der Waals surface area (Å²) in [5.74, 6) is -0.0811. The number of thioether (sulfide) groups is 1. The van der Waals surface area contributed by atoms with Gasteiger partial charge in [0.25, 0.3) is 0 Å². The van der Waals surface area contributed by atoms with Crippen molar-refractivity contribution < 1.29 is 4.79 Å². The van der Waals surface area contributed by atoms with Gasteiger partial charge in [0.2, 0.25) is 5.91 Å². The van der Waals surface area contributed by atoms with Gasteiger partial charge in [-0.15, -0.1) is 11.8 Å². The topological polar surface area (TPSA) is 41.1 Å². The summed E-state index contributed by atoms with van der Waals surface area (Å²) >= 11 is 6.83. The molecule has 0 aliphatic rings. The third-order valence-electron chi connectivity index (χ3n) is 3.06. The summed E-state index contributed by atoms with van der Waals surface area (Å²) in [6, 6.07) is 17.8. The molecule has 5 heteroatoms. The van der Waals surface area contributed by atoms with Crippen LogP contribution in [0.25, 0.3) is 0 Å². The lowest BCUT2D eigenvalue weighted by atomic mass is 10.1. The molecule has 2 rings (SSSR count). The Bertz CT molecular complexity index is 644. The van der Waals surface area contributed by atoms with E-state index in [0.29, 0.717) is 18.0 Å². The molecular formula is C17H18N2OS2. The predicted molar refractivity (Wildman–Crippen MR) is 97.3 cm³/mol. The van der Waals surface area contributed by atoms with Crippen LogP contribution >= 0.6 is 24.0 Å². The van der Waals surface area contributed by atoms with Crippen LogP contribution in [0, 0.1) is 0 Å². The van der Waals surface area contributed by atoms with Crippen LogP contribution in [0.5, 0.6) is 0 Å². The second-order valence-corrected chi connectivity index (χ2v) is 6.01. The van der Waals surface area contributed by atoms with E-state index in [1.165, 1.54) is 0 Å². The zero-order valence-electron chi connectivity index (χ0n) is 12.3. The van der Waals surface area contributed by atoms with Crippen molar-refractivity contribution in [2.45, 2.75) is 17.7 Å². The fraction of sp³-hybridized carbons (Fsp3) is 0.176. The molecule has 0 fully saturated rings. The molecule has 1 amide bonds. The Labute approximate surface area is 140 Å². The fourth-order valence-corrected chi connectivity index (χ4v) is 2.65. The van der Waals surface area contributed by atoms with Gasteiger partial charge >= 0.3 is 0 Å². The van der Waals surface area contributed by atoms with Gasteiger partial charge in [-0.25, -0.2) is 0 Å². The van der Waals surface area contributed by atoms with Crippen LogP contribution in [0.2, 0.25) is 0 Å². The van der Waals surface area contributed by atoms with Crippen LogP contribution in [0.1, 0.15) is 12.0 Å². The van der Waals surface area contributed by atoms with E-state index in [-0.39, 0.29) is 5.91 Å². The Morgan fingerprint density at radius 3 is 2.64 bits per heavy atom. The maximum absolute atomic E-state index is 11.9. The minimum absolute atomic E-state index is 0.0811. The zero-order valence-corrected chi connectivity index (χ0v) is 14.0. The van der Waals surface area contributed by atoms with Gasteiger partial charge in [-0.2, -0.15) is 0 Å². The van der Waals surface area contributed by atoms with Crippen molar-refractivity contribution in [1.82, 2.24) is 5.32 Å². The summed E-state index contributed by atoms with van der Waals surface area (Å²) < 4.78 is 0. The van der Waals surface area contributed by atoms with Crippen LogP contribution in [-0.4, -0.2) is 17.3 Å². The van der Waals surface area contributed by atoms with E-state index >= 15 is 0 Å². The van der Waals surface area contributed by atoms with E-state index < -0.39 is 0 Å². The number of rotatable bonds is 5. The second-order valence-electron chi connectivity index (χ2n) is 4.72. The number of aryl methyl sites for hydroxylation is 1. The third-order valence-corrected chi connectivity index (χ3v) is 3.99. The molecule has 22 heavy (non-hydrogen) atoms. The molecule has 0 radical (unpaired) electrons. The van der Waals surface area contributed by atoms with Gasteiger partial charge in [0.05, 0.1) is 0 Å². The van der Waals surface area contributed by atoms with Gasteiger partial charge in [0, 0.05) is 17.0 Å². The average Bonchev–Trinajstić information content (AvgIpc) is 2.54. The number of benzene rings is 2. The molecule has 0 aliphatic carbocycles. The molecule has 3 nitrogen and oxygen atoms in total. The summed E-state index contributed by atoms with van der Waals surface area (Å²) in [6.45, 7) is 0. The average molecular weight is 330 g/mol. The molecule has 0 saturated heterocycles. The van der Waals surface area contributed by atoms with Crippen LogP contribution in [0.3, 0.4) is 0 Å². The summed E-state index contributed by atoms with van der Waals surface area (Å²) in [5, 5.41) is 6.07. The quantitative estimate of drug-likeness (QED) is 0.645. The minimum Gasteiger partial charge on any atom is -0.332 e. The predicted octanol–water partition coefficient (Wildman–Crippen LogP) is 3.85. The van der Waals surface area contributed by atoms with Crippen molar-refractivity contribution in [2.75, 3.05) is 11.6 Å². The first kappa shape index (κ1) is 16.5. The number of hydrogen-bond donors (Lipinski definition) is 2. The SMILES string of the molecule is CSc1cccc(NC(=S)NC(=O)CCc2ccccc2)c1.